The van der Waals surface area contributed by atoms with Crippen LogP contribution >= 0.6 is 0 Å². The molecule has 3 rings (SSSR count). The first-order valence-electron chi connectivity index (χ1n) is 7.10. The Kier molecular flexibility index (Phi) is 4.07. The molecule has 0 unspecified atom stereocenters. The third-order valence-corrected chi connectivity index (χ3v) is 3.63. The van der Waals surface area contributed by atoms with E-state index in [1.54, 1.807) is 0 Å². The fraction of sp³-hybridized carbons (Fsp3) is 0.125. The molecule has 2 aromatic heterocycles. The number of aromatic nitrogens is 2. The summed E-state index contributed by atoms with van der Waals surface area (Å²) in [4.78, 5) is 20.1. The summed E-state index contributed by atoms with van der Waals surface area (Å²) in [5.41, 5.74) is 0.178. The largest absolute Gasteiger partial charge is 0.416 e. The number of aromatic amines is 1. The monoisotopic (exact) mass is 352 g/mol. The highest BCUT2D eigenvalue weighted by Crippen LogP contribution is 2.30. The Hall–Kier alpha value is -3.10. The van der Waals surface area contributed by atoms with Gasteiger partial charge in [-0.2, -0.15) is 13.2 Å². The minimum absolute atomic E-state index is 0.273. The van der Waals surface area contributed by atoms with Gasteiger partial charge in [-0.25, -0.2) is 14.2 Å². The molecule has 25 heavy (non-hydrogen) atoms. The number of alkyl halides is 3. The van der Waals surface area contributed by atoms with Gasteiger partial charge in [-0.15, -0.1) is 0 Å². The maximum absolute atomic E-state index is 13.3. The number of hydrogen-bond acceptors (Lipinski definition) is 2. The SMILES string of the molecule is CN(C(=O)Nc1c[nH]c2ncc(F)cc12)c1ccc(C(F)(F)F)cc1. The van der Waals surface area contributed by atoms with E-state index >= 15 is 0 Å². The number of carbonyl (C=O) groups is 1. The molecule has 3 aromatic rings. The van der Waals surface area contributed by atoms with Crippen LogP contribution in [-0.4, -0.2) is 23.0 Å². The average Bonchev–Trinajstić information content (AvgIpc) is 2.95. The number of fused-ring (bicyclic) bond motifs is 1. The van der Waals surface area contributed by atoms with Gasteiger partial charge in [0.05, 0.1) is 17.4 Å². The molecule has 0 aliphatic carbocycles. The molecule has 0 bridgehead atoms. The van der Waals surface area contributed by atoms with E-state index in [1.807, 2.05) is 0 Å². The number of pyridine rings is 1. The van der Waals surface area contributed by atoms with Crippen LogP contribution in [0.25, 0.3) is 11.0 Å². The van der Waals surface area contributed by atoms with Crippen molar-refractivity contribution in [3.8, 4) is 0 Å². The number of H-pyrrole nitrogens is 1. The van der Waals surface area contributed by atoms with E-state index in [2.05, 4.69) is 15.3 Å². The van der Waals surface area contributed by atoms with E-state index in [1.165, 1.54) is 31.4 Å². The van der Waals surface area contributed by atoms with Crippen molar-refractivity contribution in [2.24, 2.45) is 0 Å². The van der Waals surface area contributed by atoms with E-state index in [0.29, 0.717) is 16.7 Å². The van der Waals surface area contributed by atoms with Crippen LogP contribution in [0.15, 0.2) is 42.7 Å². The second-order valence-corrected chi connectivity index (χ2v) is 5.29. The van der Waals surface area contributed by atoms with Gasteiger partial charge in [0.1, 0.15) is 11.5 Å². The molecule has 9 heteroatoms. The molecule has 0 spiro atoms. The molecule has 0 saturated carbocycles. The van der Waals surface area contributed by atoms with Crippen LogP contribution in [0.1, 0.15) is 5.56 Å². The Morgan fingerprint density at radius 1 is 1.24 bits per heavy atom. The fourth-order valence-corrected chi connectivity index (χ4v) is 2.27. The van der Waals surface area contributed by atoms with Crippen LogP contribution in [0, 0.1) is 5.82 Å². The Morgan fingerprint density at radius 2 is 1.92 bits per heavy atom. The number of benzene rings is 1. The van der Waals surface area contributed by atoms with Crippen molar-refractivity contribution < 1.29 is 22.4 Å². The highest BCUT2D eigenvalue weighted by molar-refractivity contribution is 6.06. The lowest BCUT2D eigenvalue weighted by Gasteiger charge is -2.18. The van der Waals surface area contributed by atoms with Gasteiger partial charge in [-0.05, 0) is 30.3 Å². The lowest BCUT2D eigenvalue weighted by molar-refractivity contribution is -0.137. The summed E-state index contributed by atoms with van der Waals surface area (Å²) in [5, 5.41) is 2.95. The fourth-order valence-electron chi connectivity index (χ4n) is 2.27. The van der Waals surface area contributed by atoms with Crippen molar-refractivity contribution in [1.82, 2.24) is 9.97 Å². The predicted molar refractivity (Wildman–Crippen MR) is 84.9 cm³/mol. The molecule has 0 radical (unpaired) electrons. The zero-order chi connectivity index (χ0) is 18.2. The van der Waals surface area contributed by atoms with Crippen LogP contribution in [0.2, 0.25) is 0 Å². The molecule has 0 fully saturated rings. The van der Waals surface area contributed by atoms with Crippen molar-refractivity contribution in [2.45, 2.75) is 6.18 Å². The number of nitrogens with zero attached hydrogens (tertiary/aromatic N) is 2. The number of hydrogen-bond donors (Lipinski definition) is 2. The summed E-state index contributed by atoms with van der Waals surface area (Å²) in [6, 6.07) is 4.79. The van der Waals surface area contributed by atoms with E-state index in [4.69, 9.17) is 0 Å². The van der Waals surface area contributed by atoms with Crippen LogP contribution in [0.4, 0.5) is 33.7 Å². The standard InChI is InChI=1S/C16H12F4N4O/c1-24(11-4-2-9(3-5-11)16(18,19)20)15(25)23-13-8-22-14-12(13)6-10(17)7-21-14/h2-8H,1H3,(H,21,22)(H,23,25). The normalized spacial score (nSPS) is 11.6. The number of carbonyl (C=O) groups excluding carboxylic acids is 1. The number of halogens is 4. The highest BCUT2D eigenvalue weighted by atomic mass is 19.4. The molecule has 0 saturated heterocycles. The van der Waals surface area contributed by atoms with Gasteiger partial charge in [-0.1, -0.05) is 0 Å². The zero-order valence-corrected chi connectivity index (χ0v) is 12.9. The first kappa shape index (κ1) is 16.7. The summed E-state index contributed by atoms with van der Waals surface area (Å²) < 4.78 is 51.0. The van der Waals surface area contributed by atoms with Gasteiger partial charge in [-0.3, -0.25) is 4.90 Å². The molecule has 0 aliphatic heterocycles. The third-order valence-electron chi connectivity index (χ3n) is 3.63. The molecule has 2 amide bonds. The van der Waals surface area contributed by atoms with Crippen molar-refractivity contribution in [3.63, 3.8) is 0 Å². The van der Waals surface area contributed by atoms with Gasteiger partial charge in [0, 0.05) is 24.3 Å². The zero-order valence-electron chi connectivity index (χ0n) is 12.9. The van der Waals surface area contributed by atoms with E-state index < -0.39 is 23.6 Å². The molecule has 5 nitrogen and oxygen atoms in total. The Labute approximate surface area is 139 Å². The highest BCUT2D eigenvalue weighted by Gasteiger charge is 2.30. The van der Waals surface area contributed by atoms with E-state index in [0.717, 1.165) is 23.2 Å². The molecular formula is C16H12F4N4O. The number of nitrogens with one attached hydrogen (secondary N) is 2. The third kappa shape index (κ3) is 3.39. The van der Waals surface area contributed by atoms with Gasteiger partial charge in [0.15, 0.2) is 0 Å². The number of urea groups is 1. The van der Waals surface area contributed by atoms with E-state index in [-0.39, 0.29) is 5.69 Å². The summed E-state index contributed by atoms with van der Waals surface area (Å²) >= 11 is 0. The molecule has 0 aliphatic rings. The molecule has 2 N–H and O–H groups in total. The first-order chi connectivity index (χ1) is 11.8. The predicted octanol–water partition coefficient (Wildman–Crippen LogP) is 4.39. The van der Waals surface area contributed by atoms with Gasteiger partial charge in [0.25, 0.3) is 0 Å². The van der Waals surface area contributed by atoms with Gasteiger partial charge < -0.3 is 10.3 Å². The molecule has 0 atom stereocenters. The summed E-state index contributed by atoms with van der Waals surface area (Å²) in [6.45, 7) is 0. The minimum Gasteiger partial charge on any atom is -0.344 e. The Balaban J connectivity index is 1.79. The number of rotatable bonds is 2. The van der Waals surface area contributed by atoms with Gasteiger partial charge >= 0.3 is 12.2 Å². The second kappa shape index (κ2) is 6.08. The molecule has 1 aromatic carbocycles. The van der Waals surface area contributed by atoms with Crippen molar-refractivity contribution in [3.05, 3.63) is 54.1 Å². The van der Waals surface area contributed by atoms with Crippen molar-refractivity contribution in [1.29, 1.82) is 0 Å². The summed E-state index contributed by atoms with van der Waals surface area (Å²) in [7, 11) is 1.41. The average molecular weight is 352 g/mol. The maximum Gasteiger partial charge on any atom is 0.416 e. The second-order valence-electron chi connectivity index (χ2n) is 5.29. The van der Waals surface area contributed by atoms with Crippen LogP contribution in [0.3, 0.4) is 0 Å². The molecule has 2 heterocycles. The first-order valence-corrected chi connectivity index (χ1v) is 7.10. The van der Waals surface area contributed by atoms with Crippen molar-refractivity contribution in [2.75, 3.05) is 17.3 Å². The minimum atomic E-state index is -4.44. The van der Waals surface area contributed by atoms with Crippen LogP contribution < -0.4 is 10.2 Å². The maximum atomic E-state index is 13.3. The summed E-state index contributed by atoms with van der Waals surface area (Å²) in [6.07, 6.45) is -1.95. The lowest BCUT2D eigenvalue weighted by Crippen LogP contribution is -2.31. The Bertz CT molecular complexity index is 918. The smallest absolute Gasteiger partial charge is 0.344 e. The number of anilines is 2. The quantitative estimate of drug-likeness (QED) is 0.672. The van der Waals surface area contributed by atoms with Crippen LogP contribution in [-0.2, 0) is 6.18 Å². The number of amides is 2. The molecular weight excluding hydrogens is 340 g/mol. The van der Waals surface area contributed by atoms with E-state index in [9.17, 15) is 22.4 Å². The summed E-state index contributed by atoms with van der Waals surface area (Å²) in [5.74, 6) is -0.557. The topological polar surface area (TPSA) is 61.0 Å². The lowest BCUT2D eigenvalue weighted by atomic mass is 10.2. The Morgan fingerprint density at radius 3 is 2.56 bits per heavy atom. The van der Waals surface area contributed by atoms with Gasteiger partial charge in [0.2, 0.25) is 0 Å². The van der Waals surface area contributed by atoms with Crippen molar-refractivity contribution >= 4 is 28.4 Å². The molecule has 130 valence electrons. The van der Waals surface area contributed by atoms with Crippen LogP contribution in [0.5, 0.6) is 0 Å².